The predicted octanol–water partition coefficient (Wildman–Crippen LogP) is 3.73. The zero-order valence-corrected chi connectivity index (χ0v) is 15.4. The van der Waals surface area contributed by atoms with Crippen molar-refractivity contribution in [3.05, 3.63) is 64.7 Å². The number of likely N-dealkylation sites (tertiary alicyclic amines) is 1. The number of carbonyl (C=O) groups excluding carboxylic acids is 1. The van der Waals surface area contributed by atoms with Gasteiger partial charge in [-0.15, -0.1) is 0 Å². The summed E-state index contributed by atoms with van der Waals surface area (Å²) in [6.07, 6.45) is 2.23. The van der Waals surface area contributed by atoms with Crippen LogP contribution in [0.15, 0.2) is 48.5 Å². The van der Waals surface area contributed by atoms with Crippen LogP contribution in [-0.2, 0) is 6.61 Å². The van der Waals surface area contributed by atoms with Crippen LogP contribution < -0.4 is 10.5 Å². The molecule has 1 saturated heterocycles. The largest absolute Gasteiger partial charge is 0.489 e. The van der Waals surface area contributed by atoms with Crippen LogP contribution in [0.3, 0.4) is 0 Å². The molecule has 3 atom stereocenters. The maximum atomic E-state index is 12.9. The van der Waals surface area contributed by atoms with E-state index in [-0.39, 0.29) is 11.9 Å². The molecule has 2 fully saturated rings. The molecule has 0 aromatic heterocycles. The van der Waals surface area contributed by atoms with Gasteiger partial charge >= 0.3 is 0 Å². The Kier molecular flexibility index (Phi) is 4.88. The minimum absolute atomic E-state index is 0.0727. The normalized spacial score (nSPS) is 24.5. The van der Waals surface area contributed by atoms with Crippen LogP contribution in [0.1, 0.15) is 28.8 Å². The summed E-state index contributed by atoms with van der Waals surface area (Å²) in [5.41, 5.74) is 7.89. The Morgan fingerprint density at radius 3 is 2.73 bits per heavy atom. The molecule has 0 radical (unpaired) electrons. The van der Waals surface area contributed by atoms with Crippen LogP contribution in [0.25, 0.3) is 0 Å². The predicted molar refractivity (Wildman–Crippen MR) is 102 cm³/mol. The van der Waals surface area contributed by atoms with Gasteiger partial charge in [0, 0.05) is 29.7 Å². The fourth-order valence-electron chi connectivity index (χ4n) is 4.12. The fourth-order valence-corrected chi connectivity index (χ4v) is 4.25. The Balaban J connectivity index is 1.40. The van der Waals surface area contributed by atoms with E-state index in [0.29, 0.717) is 34.8 Å². The van der Waals surface area contributed by atoms with Gasteiger partial charge in [0.15, 0.2) is 0 Å². The van der Waals surface area contributed by atoms with Gasteiger partial charge in [-0.1, -0.05) is 29.8 Å². The Labute approximate surface area is 158 Å². The molecule has 2 aromatic rings. The molecule has 2 aliphatic rings. The third kappa shape index (κ3) is 3.57. The first-order valence-electron chi connectivity index (χ1n) is 9.12. The molecule has 1 saturated carbocycles. The van der Waals surface area contributed by atoms with Gasteiger partial charge < -0.3 is 15.4 Å². The Morgan fingerprint density at radius 1 is 1.15 bits per heavy atom. The van der Waals surface area contributed by atoms with E-state index in [1.54, 1.807) is 0 Å². The second kappa shape index (κ2) is 7.29. The van der Waals surface area contributed by atoms with Gasteiger partial charge in [-0.2, -0.15) is 0 Å². The maximum absolute atomic E-state index is 12.9. The first-order valence-corrected chi connectivity index (χ1v) is 9.50. The van der Waals surface area contributed by atoms with Crippen molar-refractivity contribution in [3.63, 3.8) is 0 Å². The number of nitrogens with zero attached hydrogens (tertiary/aromatic N) is 1. The minimum Gasteiger partial charge on any atom is -0.489 e. The number of hydrogen-bond donors (Lipinski definition) is 1. The summed E-state index contributed by atoms with van der Waals surface area (Å²) in [4.78, 5) is 14.8. The van der Waals surface area contributed by atoms with E-state index in [1.807, 2.05) is 53.4 Å². The van der Waals surface area contributed by atoms with E-state index in [1.165, 1.54) is 0 Å². The number of carbonyl (C=O) groups is 1. The van der Waals surface area contributed by atoms with E-state index < -0.39 is 0 Å². The van der Waals surface area contributed by atoms with Crippen molar-refractivity contribution in [2.75, 3.05) is 13.1 Å². The number of rotatable bonds is 4. The highest BCUT2D eigenvalue weighted by Gasteiger charge is 2.42. The number of ether oxygens (including phenoxy) is 1. The van der Waals surface area contributed by atoms with E-state index in [4.69, 9.17) is 22.1 Å². The molecule has 1 heterocycles. The molecule has 1 aliphatic heterocycles. The summed E-state index contributed by atoms with van der Waals surface area (Å²) in [5.74, 6) is 1.80. The van der Waals surface area contributed by atoms with E-state index in [2.05, 4.69) is 0 Å². The summed E-state index contributed by atoms with van der Waals surface area (Å²) >= 11 is 5.90. The van der Waals surface area contributed by atoms with Crippen LogP contribution in [0.5, 0.6) is 5.75 Å². The highest BCUT2D eigenvalue weighted by molar-refractivity contribution is 6.30. The summed E-state index contributed by atoms with van der Waals surface area (Å²) in [6.45, 7) is 2.05. The van der Waals surface area contributed by atoms with Crippen molar-refractivity contribution in [2.45, 2.75) is 25.5 Å². The number of benzene rings is 2. The van der Waals surface area contributed by atoms with Crippen molar-refractivity contribution >= 4 is 17.5 Å². The number of hydrogen-bond acceptors (Lipinski definition) is 3. The average molecular weight is 371 g/mol. The molecule has 0 bridgehead atoms. The van der Waals surface area contributed by atoms with E-state index in [9.17, 15) is 4.79 Å². The molecule has 3 unspecified atom stereocenters. The summed E-state index contributed by atoms with van der Waals surface area (Å²) in [5, 5.41) is 0.705. The lowest BCUT2D eigenvalue weighted by molar-refractivity contribution is 0.0779. The molecular formula is C21H23ClN2O2. The van der Waals surface area contributed by atoms with Crippen molar-refractivity contribution in [1.82, 2.24) is 4.90 Å². The smallest absolute Gasteiger partial charge is 0.254 e. The number of amides is 1. The minimum atomic E-state index is 0.0727. The van der Waals surface area contributed by atoms with Crippen LogP contribution in [0.2, 0.25) is 5.02 Å². The lowest BCUT2D eigenvalue weighted by Crippen LogP contribution is -2.33. The lowest BCUT2D eigenvalue weighted by atomic mass is 9.98. The number of fused-ring (bicyclic) bond motifs is 1. The van der Waals surface area contributed by atoms with Crippen molar-refractivity contribution in [3.8, 4) is 5.75 Å². The fraction of sp³-hybridized carbons (Fsp3) is 0.381. The molecule has 0 spiro atoms. The van der Waals surface area contributed by atoms with Gasteiger partial charge in [-0.3, -0.25) is 4.79 Å². The van der Waals surface area contributed by atoms with E-state index in [0.717, 1.165) is 31.5 Å². The van der Waals surface area contributed by atoms with Crippen LogP contribution in [0.4, 0.5) is 0 Å². The SMILES string of the molecule is NC1CCC2CN(C(=O)c3cccc(OCc4ccc(Cl)cc4)c3)CC12. The summed E-state index contributed by atoms with van der Waals surface area (Å²) < 4.78 is 5.84. The molecule has 1 amide bonds. The Morgan fingerprint density at radius 2 is 1.96 bits per heavy atom. The van der Waals surface area contributed by atoms with Gasteiger partial charge in [0.2, 0.25) is 0 Å². The highest BCUT2D eigenvalue weighted by Crippen LogP contribution is 2.37. The van der Waals surface area contributed by atoms with Crippen LogP contribution >= 0.6 is 11.6 Å². The lowest BCUT2D eigenvalue weighted by Gasteiger charge is -2.19. The Hall–Kier alpha value is -2.04. The topological polar surface area (TPSA) is 55.6 Å². The summed E-state index contributed by atoms with van der Waals surface area (Å²) in [7, 11) is 0. The quantitative estimate of drug-likeness (QED) is 0.892. The number of nitrogens with two attached hydrogens (primary N) is 1. The van der Waals surface area contributed by atoms with Gasteiger partial charge in [-0.05, 0) is 60.6 Å². The highest BCUT2D eigenvalue weighted by atomic mass is 35.5. The molecule has 136 valence electrons. The standard InChI is InChI=1S/C21H23ClN2O2/c22-17-7-4-14(5-8-17)13-26-18-3-1-2-15(10-18)21(25)24-11-16-6-9-20(23)19(16)12-24/h1-5,7-8,10,16,19-20H,6,9,11-13,23H2. The third-order valence-electron chi connectivity index (χ3n) is 5.60. The van der Waals surface area contributed by atoms with Crippen molar-refractivity contribution < 1.29 is 9.53 Å². The first kappa shape index (κ1) is 17.4. The molecule has 1 aliphatic carbocycles. The van der Waals surface area contributed by atoms with Crippen molar-refractivity contribution in [1.29, 1.82) is 0 Å². The van der Waals surface area contributed by atoms with E-state index >= 15 is 0 Å². The zero-order valence-electron chi connectivity index (χ0n) is 14.6. The Bertz CT molecular complexity index is 793. The maximum Gasteiger partial charge on any atom is 0.254 e. The van der Waals surface area contributed by atoms with Crippen LogP contribution in [-0.4, -0.2) is 29.9 Å². The average Bonchev–Trinajstić information content (AvgIpc) is 3.23. The molecule has 2 aromatic carbocycles. The second-order valence-electron chi connectivity index (χ2n) is 7.32. The van der Waals surface area contributed by atoms with Gasteiger partial charge in [0.05, 0.1) is 0 Å². The van der Waals surface area contributed by atoms with Gasteiger partial charge in [0.1, 0.15) is 12.4 Å². The van der Waals surface area contributed by atoms with Crippen molar-refractivity contribution in [2.24, 2.45) is 17.6 Å². The summed E-state index contributed by atoms with van der Waals surface area (Å²) in [6, 6.07) is 15.2. The van der Waals surface area contributed by atoms with Gasteiger partial charge in [-0.25, -0.2) is 0 Å². The first-order chi connectivity index (χ1) is 12.6. The number of halogens is 1. The second-order valence-corrected chi connectivity index (χ2v) is 7.75. The third-order valence-corrected chi connectivity index (χ3v) is 5.85. The molecule has 4 nitrogen and oxygen atoms in total. The monoisotopic (exact) mass is 370 g/mol. The van der Waals surface area contributed by atoms with Gasteiger partial charge in [0.25, 0.3) is 5.91 Å². The van der Waals surface area contributed by atoms with Crippen LogP contribution in [0, 0.1) is 11.8 Å². The zero-order chi connectivity index (χ0) is 18.1. The molecule has 4 rings (SSSR count). The molecule has 2 N–H and O–H groups in total. The molecule has 5 heteroatoms. The molecular weight excluding hydrogens is 348 g/mol. The molecule has 26 heavy (non-hydrogen) atoms.